The monoisotopic (exact) mass is 381 g/mol. The van der Waals surface area contributed by atoms with Gasteiger partial charge in [-0.2, -0.15) is 0 Å². The third-order valence-electron chi connectivity index (χ3n) is 4.02. The molecule has 0 atom stereocenters. The van der Waals surface area contributed by atoms with Crippen molar-refractivity contribution in [3.8, 4) is 0 Å². The molecule has 0 spiro atoms. The van der Waals surface area contributed by atoms with Crippen LogP contribution in [0.4, 0.5) is 5.69 Å². The Labute approximate surface area is 147 Å². The zero-order chi connectivity index (χ0) is 17.9. The first-order valence-electron chi connectivity index (χ1n) is 7.92. The molecule has 3 rings (SSSR count). The Morgan fingerprint density at radius 1 is 0.920 bits per heavy atom. The zero-order valence-corrected chi connectivity index (χ0v) is 15.1. The second kappa shape index (κ2) is 7.11. The van der Waals surface area contributed by atoms with E-state index in [1.807, 2.05) is 0 Å². The normalized spacial score (nSPS) is 16.0. The molecule has 1 aromatic carbocycles. The van der Waals surface area contributed by atoms with E-state index in [1.165, 1.54) is 30.6 Å². The van der Waals surface area contributed by atoms with Crippen molar-refractivity contribution in [2.24, 2.45) is 0 Å². The lowest BCUT2D eigenvalue weighted by atomic mass is 10.3. The number of nitrogens with zero attached hydrogens (tertiary/aromatic N) is 1. The molecule has 2 N–H and O–H groups in total. The number of anilines is 1. The summed E-state index contributed by atoms with van der Waals surface area (Å²) in [6, 6.07) is 8.40. The highest BCUT2D eigenvalue weighted by Gasteiger charge is 2.24. The number of pyridine rings is 1. The summed E-state index contributed by atoms with van der Waals surface area (Å²) in [6.45, 7) is 0. The predicted molar refractivity (Wildman–Crippen MR) is 94.1 cm³/mol. The van der Waals surface area contributed by atoms with Crippen molar-refractivity contribution < 1.29 is 16.8 Å². The molecule has 9 heteroatoms. The second-order valence-corrected chi connectivity index (χ2v) is 9.32. The molecule has 1 aliphatic rings. The summed E-state index contributed by atoms with van der Waals surface area (Å²) in [5.41, 5.74) is 0.305. The van der Waals surface area contributed by atoms with Gasteiger partial charge in [-0.05, 0) is 43.2 Å². The van der Waals surface area contributed by atoms with Gasteiger partial charge in [-0.15, -0.1) is 0 Å². The van der Waals surface area contributed by atoms with E-state index in [9.17, 15) is 16.8 Å². The van der Waals surface area contributed by atoms with E-state index in [-0.39, 0.29) is 15.8 Å². The molecule has 1 aliphatic carbocycles. The number of benzene rings is 1. The number of hydrogen-bond donors (Lipinski definition) is 2. The summed E-state index contributed by atoms with van der Waals surface area (Å²) in [5.74, 6) is 0. The largest absolute Gasteiger partial charge is 0.278 e. The van der Waals surface area contributed by atoms with Crippen LogP contribution in [0.25, 0.3) is 0 Å². The maximum atomic E-state index is 12.5. The molecule has 134 valence electrons. The molecule has 2 aromatic rings. The molecular formula is C16H19N3O4S2. The molecule has 0 unspecified atom stereocenters. The summed E-state index contributed by atoms with van der Waals surface area (Å²) in [5, 5.41) is 0. The zero-order valence-electron chi connectivity index (χ0n) is 13.4. The van der Waals surface area contributed by atoms with E-state index in [1.54, 1.807) is 12.1 Å². The van der Waals surface area contributed by atoms with Crippen LogP contribution < -0.4 is 9.44 Å². The van der Waals surface area contributed by atoms with Gasteiger partial charge in [0.15, 0.2) is 0 Å². The van der Waals surface area contributed by atoms with E-state index < -0.39 is 20.0 Å². The van der Waals surface area contributed by atoms with Crippen LogP contribution in [0.2, 0.25) is 0 Å². The van der Waals surface area contributed by atoms with E-state index in [0.717, 1.165) is 31.7 Å². The molecule has 25 heavy (non-hydrogen) atoms. The van der Waals surface area contributed by atoms with Crippen molar-refractivity contribution in [1.82, 2.24) is 9.71 Å². The molecule has 1 heterocycles. The summed E-state index contributed by atoms with van der Waals surface area (Å²) in [6.07, 6.45) is 6.51. The maximum Gasteiger partial charge on any atom is 0.261 e. The topological polar surface area (TPSA) is 105 Å². The van der Waals surface area contributed by atoms with Crippen LogP contribution in [-0.4, -0.2) is 27.9 Å². The number of nitrogens with one attached hydrogen (secondary N) is 2. The summed E-state index contributed by atoms with van der Waals surface area (Å²) in [4.78, 5) is 3.66. The van der Waals surface area contributed by atoms with Gasteiger partial charge in [0.2, 0.25) is 10.0 Å². The predicted octanol–water partition coefficient (Wildman–Crippen LogP) is 2.10. The second-order valence-electron chi connectivity index (χ2n) is 5.92. The van der Waals surface area contributed by atoms with E-state index in [4.69, 9.17) is 0 Å². The van der Waals surface area contributed by atoms with Crippen molar-refractivity contribution in [3.05, 3.63) is 48.8 Å². The minimum atomic E-state index is -3.91. The van der Waals surface area contributed by atoms with Crippen LogP contribution in [0, 0.1) is 0 Å². The SMILES string of the molecule is O=S(=O)(Nc1cccnc1)c1cccc(S(=O)(=O)NC2CCCC2)c1. The van der Waals surface area contributed by atoms with Crippen LogP contribution in [0.1, 0.15) is 25.7 Å². The first-order chi connectivity index (χ1) is 11.9. The Bertz CT molecular complexity index is 938. The summed E-state index contributed by atoms with van der Waals surface area (Å²) >= 11 is 0. The van der Waals surface area contributed by atoms with Gasteiger partial charge < -0.3 is 0 Å². The van der Waals surface area contributed by atoms with E-state index in [0.29, 0.717) is 5.69 Å². The van der Waals surface area contributed by atoms with E-state index >= 15 is 0 Å². The average Bonchev–Trinajstić information content (AvgIpc) is 3.08. The molecule has 7 nitrogen and oxygen atoms in total. The van der Waals surface area contributed by atoms with Gasteiger partial charge in [0.25, 0.3) is 10.0 Å². The van der Waals surface area contributed by atoms with Gasteiger partial charge in [0.05, 0.1) is 21.7 Å². The smallest absolute Gasteiger partial charge is 0.261 e. The Morgan fingerprint density at radius 2 is 1.60 bits per heavy atom. The maximum absolute atomic E-state index is 12.5. The Morgan fingerprint density at radius 3 is 2.24 bits per heavy atom. The number of sulfonamides is 2. The average molecular weight is 381 g/mol. The molecule has 0 bridgehead atoms. The van der Waals surface area contributed by atoms with Crippen molar-refractivity contribution in [1.29, 1.82) is 0 Å². The lowest BCUT2D eigenvalue weighted by Gasteiger charge is -2.13. The quantitative estimate of drug-likeness (QED) is 0.797. The fourth-order valence-corrected chi connectivity index (χ4v) is 5.29. The van der Waals surface area contributed by atoms with Crippen molar-refractivity contribution in [3.63, 3.8) is 0 Å². The highest BCUT2D eigenvalue weighted by atomic mass is 32.2. The molecule has 0 radical (unpaired) electrons. The number of aromatic nitrogens is 1. The van der Waals surface area contributed by atoms with Crippen molar-refractivity contribution >= 4 is 25.7 Å². The molecular weight excluding hydrogens is 362 g/mol. The van der Waals surface area contributed by atoms with Gasteiger partial charge in [-0.1, -0.05) is 18.9 Å². The van der Waals surface area contributed by atoms with E-state index in [2.05, 4.69) is 14.4 Å². The fourth-order valence-electron chi connectivity index (χ4n) is 2.78. The number of rotatable bonds is 6. The third-order valence-corrected chi connectivity index (χ3v) is 6.91. The van der Waals surface area contributed by atoms with Crippen LogP contribution in [0.5, 0.6) is 0 Å². The van der Waals surface area contributed by atoms with Crippen LogP contribution in [0.15, 0.2) is 58.6 Å². The molecule has 1 fully saturated rings. The highest BCUT2D eigenvalue weighted by molar-refractivity contribution is 7.93. The van der Waals surface area contributed by atoms with Crippen LogP contribution in [0.3, 0.4) is 0 Å². The third kappa shape index (κ3) is 4.36. The lowest BCUT2D eigenvalue weighted by Crippen LogP contribution is -2.32. The minimum absolute atomic E-state index is 0.0616. The summed E-state index contributed by atoms with van der Waals surface area (Å²) in [7, 11) is -7.66. The van der Waals surface area contributed by atoms with Gasteiger partial charge in [0, 0.05) is 12.2 Å². The molecule has 1 aromatic heterocycles. The number of hydrogen-bond acceptors (Lipinski definition) is 5. The molecule has 0 aliphatic heterocycles. The fraction of sp³-hybridized carbons (Fsp3) is 0.312. The Balaban J connectivity index is 1.85. The Kier molecular flexibility index (Phi) is 5.07. The van der Waals surface area contributed by atoms with Gasteiger partial charge in [-0.25, -0.2) is 21.6 Å². The molecule has 1 saturated carbocycles. The Hall–Kier alpha value is -1.97. The molecule has 0 saturated heterocycles. The van der Waals surface area contributed by atoms with Crippen LogP contribution >= 0.6 is 0 Å². The minimum Gasteiger partial charge on any atom is -0.278 e. The highest BCUT2D eigenvalue weighted by Crippen LogP contribution is 2.22. The first kappa shape index (κ1) is 17.8. The summed E-state index contributed by atoms with van der Waals surface area (Å²) < 4.78 is 54.9. The molecule has 0 amide bonds. The first-order valence-corrected chi connectivity index (χ1v) is 10.9. The van der Waals surface area contributed by atoms with Crippen molar-refractivity contribution in [2.75, 3.05) is 4.72 Å². The van der Waals surface area contributed by atoms with Gasteiger partial charge >= 0.3 is 0 Å². The lowest BCUT2D eigenvalue weighted by molar-refractivity contribution is 0.552. The van der Waals surface area contributed by atoms with Crippen LogP contribution in [-0.2, 0) is 20.0 Å². The van der Waals surface area contributed by atoms with Crippen molar-refractivity contribution in [2.45, 2.75) is 41.5 Å². The van der Waals surface area contributed by atoms with Gasteiger partial charge in [-0.3, -0.25) is 9.71 Å². The standard InChI is InChI=1S/C16H19N3O4S2/c20-24(21,18-13-5-1-2-6-13)15-8-3-9-16(11-15)25(22,23)19-14-7-4-10-17-12-14/h3-4,7-13,18-19H,1-2,5-6H2. The van der Waals surface area contributed by atoms with Gasteiger partial charge in [0.1, 0.15) is 0 Å².